The first kappa shape index (κ1) is 20.9. The minimum absolute atomic E-state index is 0.171. The lowest BCUT2D eigenvalue weighted by molar-refractivity contribution is 0.0697. The molecule has 1 saturated heterocycles. The summed E-state index contributed by atoms with van der Waals surface area (Å²) in [4.78, 5) is 17.8. The van der Waals surface area contributed by atoms with Gasteiger partial charge in [-0.1, -0.05) is 48.5 Å². The summed E-state index contributed by atoms with van der Waals surface area (Å²) in [6, 6.07) is 26.1. The van der Waals surface area contributed by atoms with Crippen LogP contribution in [0.5, 0.6) is 0 Å². The van der Waals surface area contributed by atoms with E-state index in [1.165, 1.54) is 0 Å². The first-order valence-electron chi connectivity index (χ1n) is 10.6. The number of benzene rings is 2. The summed E-state index contributed by atoms with van der Waals surface area (Å²) in [5.41, 5.74) is 3.07. The van der Waals surface area contributed by atoms with Gasteiger partial charge in [-0.25, -0.2) is 4.79 Å². The molecule has 0 unspecified atom stereocenters. The van der Waals surface area contributed by atoms with Crippen molar-refractivity contribution >= 4 is 23.3 Å². The Kier molecular flexibility index (Phi) is 5.62. The van der Waals surface area contributed by atoms with Crippen molar-refractivity contribution in [2.45, 2.75) is 18.6 Å². The lowest BCUT2D eigenvalue weighted by Gasteiger charge is -2.26. The maximum atomic E-state index is 11.2. The van der Waals surface area contributed by atoms with E-state index < -0.39 is 5.97 Å². The van der Waals surface area contributed by atoms with Crippen molar-refractivity contribution in [1.82, 2.24) is 15.2 Å². The van der Waals surface area contributed by atoms with Crippen LogP contribution in [0.1, 0.15) is 39.5 Å². The van der Waals surface area contributed by atoms with Gasteiger partial charge >= 0.3 is 5.97 Å². The van der Waals surface area contributed by atoms with Gasteiger partial charge in [0.05, 0.1) is 17.3 Å². The molecule has 164 valence electrons. The number of carbonyl (C=O) groups is 1. The maximum absolute atomic E-state index is 11.2. The van der Waals surface area contributed by atoms with Crippen LogP contribution in [-0.4, -0.2) is 26.1 Å². The molecule has 6 nitrogen and oxygen atoms in total. The Morgan fingerprint density at radius 2 is 1.76 bits per heavy atom. The third-order valence-electron chi connectivity index (χ3n) is 5.73. The van der Waals surface area contributed by atoms with Crippen molar-refractivity contribution in [3.63, 3.8) is 0 Å². The second-order valence-electron chi connectivity index (χ2n) is 7.82. The second-order valence-corrected chi connectivity index (χ2v) is 8.21. The highest BCUT2D eigenvalue weighted by atomic mass is 32.1. The number of thiocarbonyl (C=S) groups is 1. The first-order chi connectivity index (χ1) is 16.1. The monoisotopic (exact) mass is 455 g/mol. The Morgan fingerprint density at radius 1 is 1.00 bits per heavy atom. The van der Waals surface area contributed by atoms with E-state index in [1.807, 2.05) is 48.5 Å². The van der Waals surface area contributed by atoms with Crippen molar-refractivity contribution in [2.24, 2.45) is 0 Å². The van der Waals surface area contributed by atoms with Gasteiger partial charge < -0.3 is 19.7 Å². The van der Waals surface area contributed by atoms with Gasteiger partial charge in [0, 0.05) is 18.3 Å². The molecule has 0 bridgehead atoms. The van der Waals surface area contributed by atoms with Crippen LogP contribution in [0.3, 0.4) is 0 Å². The van der Waals surface area contributed by atoms with E-state index in [1.54, 1.807) is 30.5 Å². The predicted octanol–water partition coefficient (Wildman–Crippen LogP) is 5.21. The molecule has 33 heavy (non-hydrogen) atoms. The zero-order valence-electron chi connectivity index (χ0n) is 17.6. The van der Waals surface area contributed by atoms with Gasteiger partial charge in [0.1, 0.15) is 17.6 Å². The van der Waals surface area contributed by atoms with E-state index in [-0.39, 0.29) is 17.6 Å². The topological polar surface area (TPSA) is 78.6 Å². The molecule has 0 aliphatic carbocycles. The molecule has 4 aromatic rings. The number of aromatic carboxylic acids is 1. The molecule has 0 amide bonds. The van der Waals surface area contributed by atoms with Crippen LogP contribution in [0, 0.1) is 0 Å². The molecule has 5 rings (SSSR count). The minimum Gasteiger partial charge on any atom is -0.478 e. The molecular formula is C26H21N3O3S. The Labute approximate surface area is 196 Å². The molecule has 2 aromatic carbocycles. The molecule has 0 spiro atoms. The van der Waals surface area contributed by atoms with Gasteiger partial charge in [0.2, 0.25) is 0 Å². The SMILES string of the molecule is O=C(O)c1ccc(-c2ccc([C@@H]3[C@H](c4ccccn4)NC(=S)N3Cc3ccccc3)o2)cc1. The highest BCUT2D eigenvalue weighted by Crippen LogP contribution is 2.41. The van der Waals surface area contributed by atoms with E-state index >= 15 is 0 Å². The molecule has 2 N–H and O–H groups in total. The fourth-order valence-electron chi connectivity index (χ4n) is 4.11. The third-order valence-corrected chi connectivity index (χ3v) is 6.08. The van der Waals surface area contributed by atoms with Gasteiger partial charge in [0.15, 0.2) is 5.11 Å². The van der Waals surface area contributed by atoms with E-state index in [9.17, 15) is 4.79 Å². The summed E-state index contributed by atoms with van der Waals surface area (Å²) >= 11 is 5.72. The van der Waals surface area contributed by atoms with Crippen LogP contribution in [0.15, 0.2) is 95.5 Å². The van der Waals surface area contributed by atoms with Crippen LogP contribution in [0.25, 0.3) is 11.3 Å². The van der Waals surface area contributed by atoms with Gasteiger partial charge in [-0.05, 0) is 54.2 Å². The van der Waals surface area contributed by atoms with Crippen LogP contribution in [0.4, 0.5) is 0 Å². The number of aromatic nitrogens is 1. The first-order valence-corrected chi connectivity index (χ1v) is 11.0. The lowest BCUT2D eigenvalue weighted by Crippen LogP contribution is -2.29. The quantitative estimate of drug-likeness (QED) is 0.386. The number of hydrogen-bond acceptors (Lipinski definition) is 4. The normalized spacial score (nSPS) is 17.7. The average Bonchev–Trinajstić information content (AvgIpc) is 3.45. The minimum atomic E-state index is -0.956. The lowest BCUT2D eigenvalue weighted by atomic mass is 10.0. The van der Waals surface area contributed by atoms with E-state index in [0.29, 0.717) is 17.4 Å². The predicted molar refractivity (Wildman–Crippen MR) is 129 cm³/mol. The molecular weight excluding hydrogens is 434 g/mol. The molecule has 0 saturated carbocycles. The molecule has 3 heterocycles. The fraction of sp³-hybridized carbons (Fsp3) is 0.115. The molecule has 2 atom stereocenters. The Morgan fingerprint density at radius 3 is 2.45 bits per heavy atom. The highest BCUT2D eigenvalue weighted by Gasteiger charge is 2.41. The van der Waals surface area contributed by atoms with Crippen LogP contribution < -0.4 is 5.32 Å². The molecule has 1 aliphatic rings. The third kappa shape index (κ3) is 4.23. The van der Waals surface area contributed by atoms with Crippen LogP contribution in [0.2, 0.25) is 0 Å². The van der Waals surface area contributed by atoms with E-state index in [2.05, 4.69) is 27.3 Å². The second kappa shape index (κ2) is 8.88. The number of nitrogens with one attached hydrogen (secondary N) is 1. The van der Waals surface area contributed by atoms with E-state index in [0.717, 1.165) is 22.6 Å². The summed E-state index contributed by atoms with van der Waals surface area (Å²) in [5, 5.41) is 13.2. The summed E-state index contributed by atoms with van der Waals surface area (Å²) in [5.74, 6) is 0.465. The Balaban J connectivity index is 1.51. The summed E-state index contributed by atoms with van der Waals surface area (Å²) in [7, 11) is 0. The number of pyridine rings is 1. The summed E-state index contributed by atoms with van der Waals surface area (Å²) in [6.45, 7) is 0.629. The van der Waals surface area contributed by atoms with Crippen molar-refractivity contribution in [2.75, 3.05) is 0 Å². The smallest absolute Gasteiger partial charge is 0.335 e. The maximum Gasteiger partial charge on any atom is 0.335 e. The number of rotatable bonds is 6. The van der Waals surface area contributed by atoms with Crippen molar-refractivity contribution in [1.29, 1.82) is 0 Å². The Bertz CT molecular complexity index is 1270. The van der Waals surface area contributed by atoms with Crippen molar-refractivity contribution in [3.8, 4) is 11.3 Å². The fourth-order valence-corrected chi connectivity index (χ4v) is 4.41. The molecule has 2 aromatic heterocycles. The summed E-state index contributed by atoms with van der Waals surface area (Å²) in [6.07, 6.45) is 1.77. The van der Waals surface area contributed by atoms with Gasteiger partial charge in [-0.3, -0.25) is 4.98 Å². The number of furan rings is 1. The number of nitrogens with zero attached hydrogens (tertiary/aromatic N) is 2. The molecule has 7 heteroatoms. The zero-order chi connectivity index (χ0) is 22.8. The number of hydrogen-bond donors (Lipinski definition) is 2. The zero-order valence-corrected chi connectivity index (χ0v) is 18.4. The van der Waals surface area contributed by atoms with Gasteiger partial charge in [0.25, 0.3) is 0 Å². The van der Waals surface area contributed by atoms with Crippen molar-refractivity contribution in [3.05, 3.63) is 114 Å². The summed E-state index contributed by atoms with van der Waals surface area (Å²) < 4.78 is 6.31. The standard InChI is InChI=1S/C26H21N3O3S/c30-25(31)19-11-9-18(10-12-19)21-13-14-22(32-21)24-23(20-8-4-5-15-27-20)28-26(33)29(24)16-17-6-2-1-3-7-17/h1-15,23-24H,16H2,(H,28,33)(H,30,31)/t23-,24+/m0/s1. The van der Waals surface area contributed by atoms with Gasteiger partial charge in [-0.15, -0.1) is 0 Å². The largest absolute Gasteiger partial charge is 0.478 e. The van der Waals surface area contributed by atoms with Crippen LogP contribution >= 0.6 is 12.2 Å². The van der Waals surface area contributed by atoms with Crippen LogP contribution in [-0.2, 0) is 6.54 Å². The highest BCUT2D eigenvalue weighted by molar-refractivity contribution is 7.80. The van der Waals surface area contributed by atoms with Gasteiger partial charge in [-0.2, -0.15) is 0 Å². The molecule has 1 aliphatic heterocycles. The van der Waals surface area contributed by atoms with Crippen molar-refractivity contribution < 1.29 is 14.3 Å². The Hall–Kier alpha value is -3.97. The van der Waals surface area contributed by atoms with E-state index in [4.69, 9.17) is 21.7 Å². The molecule has 1 fully saturated rings. The molecule has 0 radical (unpaired) electrons. The number of carboxylic acid groups (broad SMARTS) is 1. The average molecular weight is 456 g/mol. The number of carboxylic acids is 1.